The molecule has 2 heteroatoms. The van der Waals surface area contributed by atoms with Crippen molar-refractivity contribution in [2.24, 2.45) is 0 Å². The Balaban J connectivity index is 2.73. The van der Waals surface area contributed by atoms with Gasteiger partial charge in [-0.1, -0.05) is 12.2 Å². The summed E-state index contributed by atoms with van der Waals surface area (Å²) in [6, 6.07) is 0. The standard InChI is InChI=1S/C8H13ClO/c1-7(9)4-3-5-8(2,10)6-7/h3,5,10H,4,6H2,1-2H3. The van der Waals surface area contributed by atoms with E-state index in [4.69, 9.17) is 11.6 Å². The van der Waals surface area contributed by atoms with Crippen LogP contribution in [0.25, 0.3) is 0 Å². The Labute approximate surface area is 66.7 Å². The van der Waals surface area contributed by atoms with Gasteiger partial charge in [0.15, 0.2) is 0 Å². The van der Waals surface area contributed by atoms with Crippen LogP contribution < -0.4 is 0 Å². The van der Waals surface area contributed by atoms with Crippen LogP contribution in [0.4, 0.5) is 0 Å². The normalized spacial score (nSPS) is 47.6. The first kappa shape index (κ1) is 8.09. The van der Waals surface area contributed by atoms with Crippen molar-refractivity contribution in [3.05, 3.63) is 12.2 Å². The zero-order chi connectivity index (χ0) is 7.83. The van der Waals surface area contributed by atoms with Crippen LogP contribution in [-0.4, -0.2) is 15.6 Å². The molecular weight excluding hydrogens is 148 g/mol. The lowest BCUT2D eigenvalue weighted by Gasteiger charge is -2.33. The quantitative estimate of drug-likeness (QED) is 0.425. The van der Waals surface area contributed by atoms with Crippen LogP contribution in [0.2, 0.25) is 0 Å². The Hall–Kier alpha value is -0.0100. The molecule has 10 heavy (non-hydrogen) atoms. The molecule has 0 fully saturated rings. The molecule has 2 unspecified atom stereocenters. The molecule has 1 rings (SSSR count). The molecule has 0 saturated heterocycles. The second-order valence-corrected chi connectivity index (χ2v) is 4.47. The maximum Gasteiger partial charge on any atom is 0.0816 e. The molecule has 1 aliphatic rings. The summed E-state index contributed by atoms with van der Waals surface area (Å²) >= 11 is 6.05. The number of hydrogen-bond donors (Lipinski definition) is 1. The van der Waals surface area contributed by atoms with E-state index >= 15 is 0 Å². The summed E-state index contributed by atoms with van der Waals surface area (Å²) in [5.74, 6) is 0. The van der Waals surface area contributed by atoms with Gasteiger partial charge in [-0.25, -0.2) is 0 Å². The van der Waals surface area contributed by atoms with E-state index in [1.165, 1.54) is 0 Å². The Bertz CT molecular complexity index is 159. The van der Waals surface area contributed by atoms with Crippen molar-refractivity contribution in [3.8, 4) is 0 Å². The van der Waals surface area contributed by atoms with Gasteiger partial charge in [0.1, 0.15) is 0 Å². The molecule has 1 aliphatic carbocycles. The molecule has 0 aliphatic heterocycles. The summed E-state index contributed by atoms with van der Waals surface area (Å²) in [5.41, 5.74) is -0.700. The lowest BCUT2D eigenvalue weighted by Crippen LogP contribution is -2.34. The van der Waals surface area contributed by atoms with Crippen molar-refractivity contribution in [1.82, 2.24) is 0 Å². The topological polar surface area (TPSA) is 20.2 Å². The number of rotatable bonds is 0. The Morgan fingerprint density at radius 1 is 1.50 bits per heavy atom. The summed E-state index contributed by atoms with van der Waals surface area (Å²) in [6.45, 7) is 3.73. The fourth-order valence-corrected chi connectivity index (χ4v) is 1.80. The van der Waals surface area contributed by atoms with Gasteiger partial charge < -0.3 is 5.11 Å². The lowest BCUT2D eigenvalue weighted by atomic mass is 9.85. The van der Waals surface area contributed by atoms with Crippen LogP contribution >= 0.6 is 11.6 Å². The molecule has 1 N–H and O–H groups in total. The molecule has 0 saturated carbocycles. The third-order valence-corrected chi connectivity index (χ3v) is 2.03. The highest BCUT2D eigenvalue weighted by Crippen LogP contribution is 2.34. The maximum atomic E-state index is 9.54. The van der Waals surface area contributed by atoms with E-state index in [0.29, 0.717) is 6.42 Å². The first-order chi connectivity index (χ1) is 4.41. The van der Waals surface area contributed by atoms with Gasteiger partial charge in [-0.15, -0.1) is 11.6 Å². The van der Waals surface area contributed by atoms with Gasteiger partial charge in [-0.2, -0.15) is 0 Å². The Kier molecular flexibility index (Phi) is 1.82. The highest BCUT2D eigenvalue weighted by molar-refractivity contribution is 6.23. The third kappa shape index (κ3) is 1.99. The highest BCUT2D eigenvalue weighted by atomic mass is 35.5. The van der Waals surface area contributed by atoms with E-state index in [2.05, 4.69) is 0 Å². The molecule has 1 nitrogen and oxygen atoms in total. The lowest BCUT2D eigenvalue weighted by molar-refractivity contribution is 0.0839. The molecule has 0 bridgehead atoms. The van der Waals surface area contributed by atoms with E-state index in [-0.39, 0.29) is 4.87 Å². The molecular formula is C8H13ClO. The second kappa shape index (κ2) is 2.24. The molecule has 0 aromatic heterocycles. The number of alkyl halides is 1. The third-order valence-electron chi connectivity index (χ3n) is 1.75. The van der Waals surface area contributed by atoms with Crippen molar-refractivity contribution in [2.75, 3.05) is 0 Å². The zero-order valence-corrected chi connectivity index (χ0v) is 7.15. The van der Waals surface area contributed by atoms with Crippen LogP contribution in [0.5, 0.6) is 0 Å². The van der Waals surface area contributed by atoms with E-state index in [1.807, 2.05) is 19.1 Å². The second-order valence-electron chi connectivity index (χ2n) is 3.55. The summed E-state index contributed by atoms with van der Waals surface area (Å²) in [5, 5.41) is 9.54. The van der Waals surface area contributed by atoms with Gasteiger partial charge in [0.05, 0.1) is 5.60 Å². The number of allylic oxidation sites excluding steroid dienone is 1. The summed E-state index contributed by atoms with van der Waals surface area (Å²) in [6.07, 6.45) is 5.25. The van der Waals surface area contributed by atoms with Crippen molar-refractivity contribution >= 4 is 11.6 Å². The zero-order valence-electron chi connectivity index (χ0n) is 6.39. The fourth-order valence-electron chi connectivity index (χ4n) is 1.44. The first-order valence-electron chi connectivity index (χ1n) is 3.50. The predicted octanol–water partition coefficient (Wildman–Crippen LogP) is 2.08. The van der Waals surface area contributed by atoms with Crippen LogP contribution in [0.1, 0.15) is 26.7 Å². The van der Waals surface area contributed by atoms with Crippen LogP contribution in [-0.2, 0) is 0 Å². The molecule has 2 atom stereocenters. The van der Waals surface area contributed by atoms with Gasteiger partial charge in [0, 0.05) is 4.87 Å². The van der Waals surface area contributed by atoms with Crippen molar-refractivity contribution in [3.63, 3.8) is 0 Å². The number of halogens is 1. The van der Waals surface area contributed by atoms with Crippen LogP contribution in [0.3, 0.4) is 0 Å². The van der Waals surface area contributed by atoms with Gasteiger partial charge in [0.2, 0.25) is 0 Å². The smallest absolute Gasteiger partial charge is 0.0816 e. The summed E-state index contributed by atoms with van der Waals surface area (Å²) in [7, 11) is 0. The molecule has 0 heterocycles. The minimum atomic E-state index is -0.700. The van der Waals surface area contributed by atoms with Crippen molar-refractivity contribution < 1.29 is 5.11 Å². The number of aliphatic hydroxyl groups is 1. The van der Waals surface area contributed by atoms with Gasteiger partial charge in [0.25, 0.3) is 0 Å². The first-order valence-corrected chi connectivity index (χ1v) is 3.88. The fraction of sp³-hybridized carbons (Fsp3) is 0.750. The Morgan fingerprint density at radius 2 is 2.10 bits per heavy atom. The molecule has 0 spiro atoms. The average molecular weight is 161 g/mol. The molecule has 0 radical (unpaired) electrons. The molecule has 0 aromatic rings. The van der Waals surface area contributed by atoms with Crippen molar-refractivity contribution in [2.45, 2.75) is 37.2 Å². The largest absolute Gasteiger partial charge is 0.386 e. The van der Waals surface area contributed by atoms with Gasteiger partial charge >= 0.3 is 0 Å². The molecule has 0 aromatic carbocycles. The van der Waals surface area contributed by atoms with Gasteiger partial charge in [-0.3, -0.25) is 0 Å². The van der Waals surface area contributed by atoms with E-state index in [1.54, 1.807) is 6.92 Å². The minimum absolute atomic E-state index is 0.252. The molecule has 58 valence electrons. The average Bonchev–Trinajstić information content (AvgIpc) is 1.56. The predicted molar refractivity (Wildman–Crippen MR) is 43.3 cm³/mol. The summed E-state index contributed by atoms with van der Waals surface area (Å²) in [4.78, 5) is -0.252. The van der Waals surface area contributed by atoms with Gasteiger partial charge in [-0.05, 0) is 26.7 Å². The van der Waals surface area contributed by atoms with E-state index in [9.17, 15) is 5.11 Å². The SMILES string of the molecule is CC1(O)C=CCC(C)(Cl)C1. The van der Waals surface area contributed by atoms with E-state index < -0.39 is 5.60 Å². The monoisotopic (exact) mass is 160 g/mol. The van der Waals surface area contributed by atoms with Crippen LogP contribution in [0, 0.1) is 0 Å². The summed E-state index contributed by atoms with van der Waals surface area (Å²) < 4.78 is 0. The Morgan fingerprint density at radius 3 is 2.40 bits per heavy atom. The highest BCUT2D eigenvalue weighted by Gasteiger charge is 2.32. The van der Waals surface area contributed by atoms with Crippen molar-refractivity contribution in [1.29, 1.82) is 0 Å². The van der Waals surface area contributed by atoms with Crippen LogP contribution in [0.15, 0.2) is 12.2 Å². The van der Waals surface area contributed by atoms with E-state index in [0.717, 1.165) is 6.42 Å². The maximum absolute atomic E-state index is 9.54. The number of hydrogen-bond acceptors (Lipinski definition) is 1. The molecule has 0 amide bonds. The minimum Gasteiger partial charge on any atom is -0.386 e.